The van der Waals surface area contributed by atoms with Crippen LogP contribution in [0.4, 0.5) is 11.4 Å². The van der Waals surface area contributed by atoms with E-state index in [1.807, 2.05) is 36.4 Å². The van der Waals surface area contributed by atoms with Crippen molar-refractivity contribution in [1.82, 2.24) is 9.97 Å². The van der Waals surface area contributed by atoms with Crippen LogP contribution in [0.25, 0.3) is 28.6 Å². The molecule has 0 saturated carbocycles. The maximum Gasteiger partial charge on any atom is 0.269 e. The van der Waals surface area contributed by atoms with Crippen molar-refractivity contribution in [3.63, 3.8) is 0 Å². The molecule has 0 aliphatic carbocycles. The molecule has 2 heterocycles. The van der Waals surface area contributed by atoms with Gasteiger partial charge in [0.25, 0.3) is 5.69 Å². The lowest BCUT2D eigenvalue weighted by molar-refractivity contribution is -0.384. The highest BCUT2D eigenvalue weighted by Crippen LogP contribution is 2.26. The van der Waals surface area contributed by atoms with Crippen molar-refractivity contribution in [1.29, 1.82) is 0 Å². The van der Waals surface area contributed by atoms with Gasteiger partial charge in [0.05, 0.1) is 10.6 Å². The number of nitro groups is 1. The maximum atomic E-state index is 10.7. The zero-order valence-corrected chi connectivity index (χ0v) is 14.6. The number of benzene rings is 2. The first-order valence-corrected chi connectivity index (χ1v) is 8.45. The molecule has 7 nitrogen and oxygen atoms in total. The second-order valence-corrected chi connectivity index (χ2v) is 5.89. The minimum absolute atomic E-state index is 0.0675. The number of hydrogen-bond acceptors (Lipinski definition) is 6. The molecule has 0 aliphatic heterocycles. The fourth-order valence-electron chi connectivity index (χ4n) is 2.60. The summed E-state index contributed by atoms with van der Waals surface area (Å²) in [7, 11) is 0. The number of hydrogen-bond donors (Lipinski definition) is 0. The molecular formula is C21H14N4O3. The topological polar surface area (TPSA) is 94.4 Å². The molecule has 2 aromatic carbocycles. The van der Waals surface area contributed by atoms with Crippen LogP contribution in [0.1, 0.15) is 5.56 Å². The minimum Gasteiger partial charge on any atom is -0.436 e. The standard InChI is InChI=1S/C21H14N4O3/c26-25(27)18-6-3-15(4-7-18)2-1-11-23-17-5-8-20-19(14-17)24-21(28-20)16-9-12-22-13-10-16/h1-14H. The quantitative estimate of drug-likeness (QED) is 0.273. The van der Waals surface area contributed by atoms with E-state index in [1.165, 1.54) is 12.1 Å². The van der Waals surface area contributed by atoms with Crippen molar-refractivity contribution in [3.8, 4) is 11.5 Å². The molecule has 4 aromatic rings. The SMILES string of the molecule is O=[N+]([O-])c1ccc(C=CC=Nc2ccc3oc(-c4ccncc4)nc3c2)cc1. The van der Waals surface area contributed by atoms with Crippen molar-refractivity contribution < 1.29 is 9.34 Å². The highest BCUT2D eigenvalue weighted by molar-refractivity contribution is 5.83. The third-order valence-electron chi connectivity index (χ3n) is 4.00. The minimum atomic E-state index is -0.422. The highest BCUT2D eigenvalue weighted by Gasteiger charge is 2.08. The maximum absolute atomic E-state index is 10.7. The van der Waals surface area contributed by atoms with E-state index in [4.69, 9.17) is 4.42 Å². The van der Waals surface area contributed by atoms with Crippen LogP contribution in [-0.2, 0) is 0 Å². The molecule has 28 heavy (non-hydrogen) atoms. The van der Waals surface area contributed by atoms with E-state index in [1.54, 1.807) is 36.8 Å². The van der Waals surface area contributed by atoms with Gasteiger partial charge in [0.15, 0.2) is 5.58 Å². The number of oxazole rings is 1. The highest BCUT2D eigenvalue weighted by atomic mass is 16.6. The molecule has 0 aliphatic rings. The summed E-state index contributed by atoms with van der Waals surface area (Å²) >= 11 is 0. The van der Waals surface area contributed by atoms with Crippen molar-refractivity contribution in [2.45, 2.75) is 0 Å². The van der Waals surface area contributed by atoms with Gasteiger partial charge in [-0.15, -0.1) is 0 Å². The molecule has 0 bridgehead atoms. The molecular weight excluding hydrogens is 356 g/mol. The largest absolute Gasteiger partial charge is 0.436 e. The molecule has 0 atom stereocenters. The van der Waals surface area contributed by atoms with E-state index < -0.39 is 4.92 Å². The van der Waals surface area contributed by atoms with Gasteiger partial charge in [-0.3, -0.25) is 20.1 Å². The van der Waals surface area contributed by atoms with E-state index in [9.17, 15) is 10.1 Å². The average Bonchev–Trinajstić information content (AvgIpc) is 3.16. The lowest BCUT2D eigenvalue weighted by atomic mass is 10.2. The van der Waals surface area contributed by atoms with E-state index in [-0.39, 0.29) is 5.69 Å². The van der Waals surface area contributed by atoms with E-state index in [0.29, 0.717) is 11.5 Å². The Morgan fingerprint density at radius 3 is 2.57 bits per heavy atom. The third kappa shape index (κ3) is 3.83. The van der Waals surface area contributed by atoms with Crippen LogP contribution in [0.5, 0.6) is 0 Å². The molecule has 4 rings (SSSR count). The third-order valence-corrected chi connectivity index (χ3v) is 4.00. The van der Waals surface area contributed by atoms with Gasteiger partial charge in [-0.25, -0.2) is 4.98 Å². The number of allylic oxidation sites excluding steroid dienone is 1. The molecule has 0 fully saturated rings. The number of rotatable bonds is 5. The number of fused-ring (bicyclic) bond motifs is 1. The van der Waals surface area contributed by atoms with Gasteiger partial charge in [-0.2, -0.15) is 0 Å². The van der Waals surface area contributed by atoms with Gasteiger partial charge in [-0.1, -0.05) is 6.08 Å². The summed E-state index contributed by atoms with van der Waals surface area (Å²) in [5, 5.41) is 10.7. The Kier molecular flexibility index (Phi) is 4.71. The fraction of sp³-hybridized carbons (Fsp3) is 0. The Balaban J connectivity index is 1.49. The summed E-state index contributed by atoms with van der Waals surface area (Å²) in [4.78, 5) is 23.1. The van der Waals surface area contributed by atoms with E-state index in [0.717, 1.165) is 22.3 Å². The molecule has 0 saturated heterocycles. The normalized spacial score (nSPS) is 11.6. The van der Waals surface area contributed by atoms with Crippen LogP contribution in [0.3, 0.4) is 0 Å². The van der Waals surface area contributed by atoms with Crippen molar-refractivity contribution in [3.05, 3.63) is 88.7 Å². The van der Waals surface area contributed by atoms with Crippen LogP contribution < -0.4 is 0 Å². The molecule has 0 N–H and O–H groups in total. The first-order chi connectivity index (χ1) is 13.7. The zero-order chi connectivity index (χ0) is 19.3. The predicted octanol–water partition coefficient (Wildman–Crippen LogP) is 5.21. The van der Waals surface area contributed by atoms with Gasteiger partial charge in [0, 0.05) is 36.3 Å². The van der Waals surface area contributed by atoms with Crippen molar-refractivity contribution in [2.24, 2.45) is 4.99 Å². The smallest absolute Gasteiger partial charge is 0.269 e. The molecule has 7 heteroatoms. The molecule has 0 radical (unpaired) electrons. The Hall–Kier alpha value is -4.13. The number of nitro benzene ring substituents is 1. The summed E-state index contributed by atoms with van der Waals surface area (Å²) in [5.74, 6) is 0.539. The lowest BCUT2D eigenvalue weighted by Gasteiger charge is -1.93. The average molecular weight is 370 g/mol. The molecule has 0 spiro atoms. The number of pyridine rings is 1. The Labute approximate surface area is 159 Å². The second-order valence-electron chi connectivity index (χ2n) is 5.89. The Morgan fingerprint density at radius 2 is 1.82 bits per heavy atom. The van der Waals surface area contributed by atoms with Gasteiger partial charge in [0.2, 0.25) is 5.89 Å². The van der Waals surface area contributed by atoms with Gasteiger partial charge in [-0.05, 0) is 54.1 Å². The number of non-ortho nitro benzene ring substituents is 1. The summed E-state index contributed by atoms with van der Waals surface area (Å²) in [6.45, 7) is 0. The number of aliphatic imine (C=N–C) groups is 1. The summed E-state index contributed by atoms with van der Waals surface area (Å²) < 4.78 is 5.77. The lowest BCUT2D eigenvalue weighted by Crippen LogP contribution is -1.86. The summed E-state index contributed by atoms with van der Waals surface area (Å²) in [6.07, 6.45) is 8.64. The Bertz CT molecular complexity index is 1180. The Morgan fingerprint density at radius 1 is 1.04 bits per heavy atom. The summed E-state index contributed by atoms with van der Waals surface area (Å²) in [6, 6.07) is 15.5. The van der Waals surface area contributed by atoms with Gasteiger partial charge >= 0.3 is 0 Å². The molecule has 2 aromatic heterocycles. The van der Waals surface area contributed by atoms with Crippen LogP contribution in [-0.4, -0.2) is 21.1 Å². The van der Waals surface area contributed by atoms with Crippen LogP contribution in [0.15, 0.2) is 82.5 Å². The van der Waals surface area contributed by atoms with Crippen LogP contribution in [0, 0.1) is 10.1 Å². The molecule has 0 unspecified atom stereocenters. The first-order valence-electron chi connectivity index (χ1n) is 8.45. The van der Waals surface area contributed by atoms with E-state index in [2.05, 4.69) is 15.0 Å². The number of aromatic nitrogens is 2. The van der Waals surface area contributed by atoms with Gasteiger partial charge < -0.3 is 4.42 Å². The van der Waals surface area contributed by atoms with Crippen molar-refractivity contribution in [2.75, 3.05) is 0 Å². The monoisotopic (exact) mass is 370 g/mol. The van der Waals surface area contributed by atoms with Gasteiger partial charge in [0.1, 0.15) is 5.52 Å². The van der Waals surface area contributed by atoms with E-state index >= 15 is 0 Å². The second kappa shape index (κ2) is 7.63. The predicted molar refractivity (Wildman–Crippen MR) is 108 cm³/mol. The van der Waals surface area contributed by atoms with Crippen LogP contribution >= 0.6 is 0 Å². The molecule has 136 valence electrons. The van der Waals surface area contributed by atoms with Crippen molar-refractivity contribution >= 4 is 34.8 Å². The summed E-state index contributed by atoms with van der Waals surface area (Å²) in [5.41, 5.74) is 3.94. The zero-order valence-electron chi connectivity index (χ0n) is 14.6. The number of nitrogens with zero attached hydrogens (tertiary/aromatic N) is 4. The van der Waals surface area contributed by atoms with Crippen LogP contribution in [0.2, 0.25) is 0 Å². The fourth-order valence-corrected chi connectivity index (χ4v) is 2.60. The first kappa shape index (κ1) is 17.3. The molecule has 0 amide bonds.